The van der Waals surface area contributed by atoms with E-state index in [-0.39, 0.29) is 0 Å². The van der Waals surface area contributed by atoms with Crippen molar-refractivity contribution in [3.63, 3.8) is 0 Å². The first-order valence-electron chi connectivity index (χ1n) is 6.60. The molecule has 94 valence electrons. The van der Waals surface area contributed by atoms with Crippen LogP contribution in [-0.4, -0.2) is 6.54 Å². The van der Waals surface area contributed by atoms with Gasteiger partial charge in [-0.05, 0) is 50.8 Å². The minimum atomic E-state index is 0.487. The Morgan fingerprint density at radius 2 is 2.12 bits per heavy atom. The molecule has 0 bridgehead atoms. The van der Waals surface area contributed by atoms with E-state index < -0.39 is 0 Å². The van der Waals surface area contributed by atoms with E-state index in [1.165, 1.54) is 29.5 Å². The fraction of sp³-hybridized carbons (Fsp3) is 0.500. The van der Waals surface area contributed by atoms with E-state index in [1.54, 1.807) is 0 Å². The molecule has 1 nitrogen and oxygen atoms in total. The molecule has 0 heterocycles. The van der Waals surface area contributed by atoms with Crippen LogP contribution in [-0.2, 0) is 0 Å². The first-order chi connectivity index (χ1) is 8.19. The van der Waals surface area contributed by atoms with Crippen LogP contribution in [0.1, 0.15) is 48.9 Å². The van der Waals surface area contributed by atoms with Crippen molar-refractivity contribution < 1.29 is 0 Å². The Balaban J connectivity index is 2.77. The summed E-state index contributed by atoms with van der Waals surface area (Å²) in [6.45, 7) is 11.3. The topological polar surface area (TPSA) is 12.0 Å². The highest BCUT2D eigenvalue weighted by atomic mass is 14.9. The molecular formula is C16H25N. The predicted molar refractivity (Wildman–Crippen MR) is 76.4 cm³/mol. The third kappa shape index (κ3) is 4.35. The van der Waals surface area contributed by atoms with Crippen LogP contribution in [0.5, 0.6) is 0 Å². The van der Waals surface area contributed by atoms with Crippen molar-refractivity contribution in [1.29, 1.82) is 0 Å². The smallest absolute Gasteiger partial charge is 0.0322 e. The van der Waals surface area contributed by atoms with Crippen LogP contribution in [0, 0.1) is 13.8 Å². The molecule has 1 N–H and O–H groups in total. The summed E-state index contributed by atoms with van der Waals surface area (Å²) in [4.78, 5) is 0. The number of rotatable bonds is 7. The van der Waals surface area contributed by atoms with Crippen molar-refractivity contribution in [2.45, 2.75) is 46.1 Å². The highest BCUT2D eigenvalue weighted by Crippen LogP contribution is 2.23. The number of hydrogen-bond acceptors (Lipinski definition) is 1. The van der Waals surface area contributed by atoms with Gasteiger partial charge in [0.25, 0.3) is 0 Å². The van der Waals surface area contributed by atoms with Crippen LogP contribution in [0.4, 0.5) is 0 Å². The van der Waals surface area contributed by atoms with E-state index in [4.69, 9.17) is 0 Å². The number of allylic oxidation sites excluding steroid dienone is 1. The number of hydrogen-bond donors (Lipinski definition) is 1. The summed E-state index contributed by atoms with van der Waals surface area (Å²) in [6.07, 6.45) is 5.50. The van der Waals surface area contributed by atoms with Gasteiger partial charge in [-0.3, -0.25) is 0 Å². The highest BCUT2D eigenvalue weighted by Gasteiger charge is 2.11. The lowest BCUT2D eigenvalue weighted by Crippen LogP contribution is -2.21. The standard InChI is InChI=1S/C16H25N/c1-5-7-8-9-16(17-6-2)15-11-10-13(3)12-14(15)4/h5,10-12,16-17H,1,6-9H2,2-4H3. The maximum absolute atomic E-state index is 3.79. The fourth-order valence-corrected chi connectivity index (χ4v) is 2.30. The van der Waals surface area contributed by atoms with Crippen molar-refractivity contribution in [2.24, 2.45) is 0 Å². The molecule has 1 aromatic rings. The lowest BCUT2D eigenvalue weighted by atomic mass is 9.95. The maximum atomic E-state index is 3.79. The van der Waals surface area contributed by atoms with Gasteiger partial charge >= 0.3 is 0 Å². The second kappa shape index (κ2) is 7.29. The predicted octanol–water partition coefficient (Wildman–Crippen LogP) is 4.31. The van der Waals surface area contributed by atoms with Gasteiger partial charge in [-0.25, -0.2) is 0 Å². The fourth-order valence-electron chi connectivity index (χ4n) is 2.30. The van der Waals surface area contributed by atoms with Gasteiger partial charge in [-0.15, -0.1) is 6.58 Å². The average Bonchev–Trinajstić information content (AvgIpc) is 2.28. The van der Waals surface area contributed by atoms with Crippen molar-refractivity contribution >= 4 is 0 Å². The van der Waals surface area contributed by atoms with Gasteiger partial charge in [0.15, 0.2) is 0 Å². The Morgan fingerprint density at radius 1 is 1.35 bits per heavy atom. The van der Waals surface area contributed by atoms with E-state index >= 15 is 0 Å². The summed E-state index contributed by atoms with van der Waals surface area (Å²) in [5, 5.41) is 3.58. The highest BCUT2D eigenvalue weighted by molar-refractivity contribution is 5.32. The molecule has 1 unspecified atom stereocenters. The number of unbranched alkanes of at least 4 members (excludes halogenated alkanes) is 1. The molecule has 1 aromatic carbocycles. The second-order valence-corrected chi connectivity index (χ2v) is 4.69. The monoisotopic (exact) mass is 231 g/mol. The van der Waals surface area contributed by atoms with Crippen molar-refractivity contribution in [3.8, 4) is 0 Å². The number of benzene rings is 1. The Bertz CT molecular complexity index is 355. The Morgan fingerprint density at radius 3 is 2.71 bits per heavy atom. The van der Waals surface area contributed by atoms with Crippen molar-refractivity contribution in [2.75, 3.05) is 6.54 Å². The number of nitrogens with one attached hydrogen (secondary N) is 1. The Labute approximate surface area is 106 Å². The van der Waals surface area contributed by atoms with Crippen LogP contribution >= 0.6 is 0 Å². The van der Waals surface area contributed by atoms with Gasteiger partial charge in [0.05, 0.1) is 0 Å². The van der Waals surface area contributed by atoms with Crippen LogP contribution in [0.25, 0.3) is 0 Å². The van der Waals surface area contributed by atoms with E-state index in [9.17, 15) is 0 Å². The SMILES string of the molecule is C=CCCCC(NCC)c1ccc(C)cc1C. The van der Waals surface area contributed by atoms with Crippen molar-refractivity contribution in [3.05, 3.63) is 47.5 Å². The minimum Gasteiger partial charge on any atom is -0.310 e. The minimum absolute atomic E-state index is 0.487. The third-order valence-corrected chi connectivity index (χ3v) is 3.15. The van der Waals surface area contributed by atoms with Crippen LogP contribution in [0.15, 0.2) is 30.9 Å². The maximum Gasteiger partial charge on any atom is 0.0322 e. The molecule has 17 heavy (non-hydrogen) atoms. The first kappa shape index (κ1) is 14.0. The zero-order valence-corrected chi connectivity index (χ0v) is 11.4. The molecule has 0 spiro atoms. The van der Waals surface area contributed by atoms with Crippen molar-refractivity contribution in [1.82, 2.24) is 5.32 Å². The van der Waals surface area contributed by atoms with Gasteiger partial charge in [0, 0.05) is 6.04 Å². The molecule has 1 heteroatoms. The molecule has 0 aliphatic heterocycles. The Hall–Kier alpha value is -1.08. The third-order valence-electron chi connectivity index (χ3n) is 3.15. The van der Waals surface area contributed by atoms with E-state index in [0.717, 1.165) is 13.0 Å². The molecule has 0 saturated heterocycles. The van der Waals surface area contributed by atoms with Gasteiger partial charge < -0.3 is 5.32 Å². The zero-order chi connectivity index (χ0) is 12.7. The molecule has 0 saturated carbocycles. The molecule has 0 aromatic heterocycles. The molecule has 0 amide bonds. The van der Waals surface area contributed by atoms with Gasteiger partial charge in [-0.1, -0.05) is 36.8 Å². The largest absolute Gasteiger partial charge is 0.310 e. The molecule has 0 aliphatic carbocycles. The summed E-state index contributed by atoms with van der Waals surface area (Å²) < 4.78 is 0. The molecule has 0 radical (unpaired) electrons. The molecule has 0 aliphatic rings. The van der Waals surface area contributed by atoms with Crippen LogP contribution < -0.4 is 5.32 Å². The quantitative estimate of drug-likeness (QED) is 0.544. The van der Waals surface area contributed by atoms with E-state index in [1.807, 2.05) is 6.08 Å². The number of aryl methyl sites for hydroxylation is 2. The molecular weight excluding hydrogens is 206 g/mol. The lowest BCUT2D eigenvalue weighted by molar-refractivity contribution is 0.498. The summed E-state index contributed by atoms with van der Waals surface area (Å²) in [7, 11) is 0. The molecule has 1 atom stereocenters. The Kier molecular flexibility index (Phi) is 5.99. The lowest BCUT2D eigenvalue weighted by Gasteiger charge is -2.20. The van der Waals surface area contributed by atoms with Gasteiger partial charge in [0.2, 0.25) is 0 Å². The van der Waals surface area contributed by atoms with Crippen LogP contribution in [0.3, 0.4) is 0 Å². The average molecular weight is 231 g/mol. The molecule has 1 rings (SSSR count). The van der Waals surface area contributed by atoms with E-state index in [0.29, 0.717) is 6.04 Å². The summed E-state index contributed by atoms with van der Waals surface area (Å²) in [5.74, 6) is 0. The second-order valence-electron chi connectivity index (χ2n) is 4.69. The summed E-state index contributed by atoms with van der Waals surface area (Å²) in [6, 6.07) is 7.24. The van der Waals surface area contributed by atoms with E-state index in [2.05, 4.69) is 50.9 Å². The molecule has 0 fully saturated rings. The first-order valence-corrected chi connectivity index (χ1v) is 6.60. The van der Waals surface area contributed by atoms with Gasteiger partial charge in [-0.2, -0.15) is 0 Å². The zero-order valence-electron chi connectivity index (χ0n) is 11.4. The van der Waals surface area contributed by atoms with Gasteiger partial charge in [0.1, 0.15) is 0 Å². The summed E-state index contributed by atoms with van der Waals surface area (Å²) >= 11 is 0. The summed E-state index contributed by atoms with van der Waals surface area (Å²) in [5.41, 5.74) is 4.18. The normalized spacial score (nSPS) is 12.4. The van der Waals surface area contributed by atoms with Crippen LogP contribution in [0.2, 0.25) is 0 Å².